The third-order valence-electron chi connectivity index (χ3n) is 2.86. The van der Waals surface area contributed by atoms with Crippen LogP contribution in [0.5, 0.6) is 5.75 Å². The summed E-state index contributed by atoms with van der Waals surface area (Å²) in [6, 6.07) is 7.70. The van der Waals surface area contributed by atoms with Crippen molar-refractivity contribution in [1.82, 2.24) is 14.9 Å². The third-order valence-corrected chi connectivity index (χ3v) is 3.94. The molecule has 0 aliphatic heterocycles. The Labute approximate surface area is 122 Å². The van der Waals surface area contributed by atoms with E-state index in [-0.39, 0.29) is 11.2 Å². The summed E-state index contributed by atoms with van der Waals surface area (Å²) < 4.78 is 7.09. The van der Waals surface area contributed by atoms with Crippen LogP contribution in [0.2, 0.25) is 0 Å². The number of hydrogen-bond donors (Lipinski definition) is 1. The Hall–Kier alpha value is -1.95. The van der Waals surface area contributed by atoms with Gasteiger partial charge in [-0.2, -0.15) is 0 Å². The molecule has 1 amide bonds. The molecule has 0 aliphatic carbocycles. The van der Waals surface area contributed by atoms with E-state index in [0.29, 0.717) is 0 Å². The molecule has 5 nitrogen and oxygen atoms in total. The number of rotatable bonds is 5. The predicted octanol–water partition coefficient (Wildman–Crippen LogP) is 2.11. The summed E-state index contributed by atoms with van der Waals surface area (Å²) in [6.45, 7) is 1.86. The van der Waals surface area contributed by atoms with E-state index in [1.165, 1.54) is 11.8 Å². The molecule has 0 saturated carbocycles. The van der Waals surface area contributed by atoms with Crippen LogP contribution >= 0.6 is 11.8 Å². The maximum atomic E-state index is 11.6. The normalized spacial score (nSPS) is 11.9. The lowest BCUT2D eigenvalue weighted by molar-refractivity contribution is -0.119. The number of methoxy groups -OCH3 is 1. The standard InChI is InChI=1S/C14H17N3O2S/c1-10(13(18)15-2)20-14-16-8-9-17(14)11-4-6-12(19-3)7-5-11/h4-10H,1-3H3,(H,15,18)/t10-/m0/s1. The largest absolute Gasteiger partial charge is 0.497 e. The number of nitrogens with zero attached hydrogens (tertiary/aromatic N) is 2. The zero-order valence-corrected chi connectivity index (χ0v) is 12.5. The second-order valence-electron chi connectivity index (χ2n) is 4.15. The highest BCUT2D eigenvalue weighted by atomic mass is 32.2. The maximum absolute atomic E-state index is 11.6. The number of benzene rings is 1. The van der Waals surface area contributed by atoms with Gasteiger partial charge in [-0.25, -0.2) is 4.98 Å². The quantitative estimate of drug-likeness (QED) is 0.857. The molecule has 1 aromatic heterocycles. The Kier molecular flexibility index (Phi) is 4.68. The maximum Gasteiger partial charge on any atom is 0.233 e. The van der Waals surface area contributed by atoms with E-state index in [4.69, 9.17) is 4.74 Å². The molecule has 1 aromatic carbocycles. The summed E-state index contributed by atoms with van der Waals surface area (Å²) in [5.74, 6) is 0.793. The van der Waals surface area contributed by atoms with Gasteiger partial charge in [0.05, 0.1) is 12.4 Å². The molecular formula is C14H17N3O2S. The summed E-state index contributed by atoms with van der Waals surface area (Å²) in [5.41, 5.74) is 0.981. The van der Waals surface area contributed by atoms with Crippen LogP contribution < -0.4 is 10.1 Å². The second kappa shape index (κ2) is 6.47. The number of ether oxygens (including phenoxy) is 1. The minimum Gasteiger partial charge on any atom is -0.497 e. The predicted molar refractivity (Wildman–Crippen MR) is 79.5 cm³/mol. The molecule has 0 bridgehead atoms. The van der Waals surface area contributed by atoms with E-state index >= 15 is 0 Å². The number of aromatic nitrogens is 2. The van der Waals surface area contributed by atoms with Crippen molar-refractivity contribution in [2.75, 3.05) is 14.2 Å². The first-order valence-electron chi connectivity index (χ1n) is 6.21. The molecule has 20 heavy (non-hydrogen) atoms. The zero-order chi connectivity index (χ0) is 14.5. The molecule has 106 valence electrons. The van der Waals surface area contributed by atoms with E-state index in [1.807, 2.05) is 42.0 Å². The molecule has 2 aromatic rings. The Bertz CT molecular complexity index is 580. The Morgan fingerprint density at radius 1 is 1.40 bits per heavy atom. The minimum atomic E-state index is -0.195. The Balaban J connectivity index is 2.21. The van der Waals surface area contributed by atoms with Crippen molar-refractivity contribution in [2.45, 2.75) is 17.3 Å². The fraction of sp³-hybridized carbons (Fsp3) is 0.286. The van der Waals surface area contributed by atoms with Gasteiger partial charge in [0.25, 0.3) is 0 Å². The Morgan fingerprint density at radius 3 is 2.70 bits per heavy atom. The first kappa shape index (κ1) is 14.5. The highest BCUT2D eigenvalue weighted by molar-refractivity contribution is 8.00. The van der Waals surface area contributed by atoms with E-state index in [0.717, 1.165) is 16.6 Å². The van der Waals surface area contributed by atoms with Gasteiger partial charge in [-0.1, -0.05) is 11.8 Å². The van der Waals surface area contributed by atoms with Gasteiger partial charge >= 0.3 is 0 Å². The highest BCUT2D eigenvalue weighted by Crippen LogP contribution is 2.25. The second-order valence-corrected chi connectivity index (χ2v) is 5.46. The lowest BCUT2D eigenvalue weighted by Gasteiger charge is -2.11. The minimum absolute atomic E-state index is 0.0146. The molecule has 0 radical (unpaired) electrons. The van der Waals surface area contributed by atoms with Crippen LogP contribution in [0.1, 0.15) is 6.92 Å². The van der Waals surface area contributed by atoms with Crippen molar-refractivity contribution in [3.63, 3.8) is 0 Å². The number of amides is 1. The number of hydrogen-bond acceptors (Lipinski definition) is 4. The average Bonchev–Trinajstić information content (AvgIpc) is 2.94. The number of thioether (sulfide) groups is 1. The van der Waals surface area contributed by atoms with E-state index < -0.39 is 0 Å². The van der Waals surface area contributed by atoms with Crippen molar-refractivity contribution in [3.05, 3.63) is 36.7 Å². The van der Waals surface area contributed by atoms with Crippen molar-refractivity contribution < 1.29 is 9.53 Å². The summed E-state index contributed by atoms with van der Waals surface area (Å²) in [5, 5.41) is 3.23. The van der Waals surface area contributed by atoms with Gasteiger partial charge in [-0.3, -0.25) is 9.36 Å². The lowest BCUT2D eigenvalue weighted by Crippen LogP contribution is -2.27. The monoisotopic (exact) mass is 291 g/mol. The number of carbonyl (C=O) groups is 1. The molecule has 6 heteroatoms. The van der Waals surface area contributed by atoms with Crippen LogP contribution in [0, 0.1) is 0 Å². The molecule has 0 aliphatic rings. The van der Waals surface area contributed by atoms with Crippen molar-refractivity contribution >= 4 is 17.7 Å². The SMILES string of the molecule is CNC(=O)[C@H](C)Sc1nccn1-c1ccc(OC)cc1. The fourth-order valence-electron chi connectivity index (χ4n) is 1.73. The van der Waals surface area contributed by atoms with Gasteiger partial charge in [0.1, 0.15) is 5.75 Å². The molecule has 1 atom stereocenters. The first-order chi connectivity index (χ1) is 9.65. The molecule has 1 heterocycles. The van der Waals surface area contributed by atoms with Crippen LogP contribution in [0.4, 0.5) is 0 Å². The summed E-state index contributed by atoms with van der Waals surface area (Å²) >= 11 is 1.42. The van der Waals surface area contributed by atoms with Crippen molar-refractivity contribution in [2.24, 2.45) is 0 Å². The molecule has 0 fully saturated rings. The first-order valence-corrected chi connectivity index (χ1v) is 7.09. The van der Waals surface area contributed by atoms with Gasteiger partial charge in [0.2, 0.25) is 5.91 Å². The van der Waals surface area contributed by atoms with E-state index in [1.54, 1.807) is 20.4 Å². The lowest BCUT2D eigenvalue weighted by atomic mass is 10.3. The molecule has 0 spiro atoms. The van der Waals surface area contributed by atoms with Gasteiger partial charge in [-0.15, -0.1) is 0 Å². The van der Waals surface area contributed by atoms with Crippen LogP contribution in [-0.4, -0.2) is 34.9 Å². The smallest absolute Gasteiger partial charge is 0.233 e. The van der Waals surface area contributed by atoms with E-state index in [2.05, 4.69) is 10.3 Å². The molecule has 1 N–H and O–H groups in total. The van der Waals surface area contributed by atoms with Gasteiger partial charge in [0.15, 0.2) is 5.16 Å². The molecule has 0 saturated heterocycles. The highest BCUT2D eigenvalue weighted by Gasteiger charge is 2.16. The van der Waals surface area contributed by atoms with Crippen LogP contribution in [0.15, 0.2) is 41.8 Å². The van der Waals surface area contributed by atoms with Gasteiger partial charge < -0.3 is 10.1 Å². The zero-order valence-electron chi connectivity index (χ0n) is 11.7. The fourth-order valence-corrected chi connectivity index (χ4v) is 2.67. The number of nitrogens with one attached hydrogen (secondary N) is 1. The molecular weight excluding hydrogens is 274 g/mol. The number of imidazole rings is 1. The number of carbonyl (C=O) groups excluding carboxylic acids is 1. The van der Waals surface area contributed by atoms with Crippen LogP contribution in [0.25, 0.3) is 5.69 Å². The van der Waals surface area contributed by atoms with Crippen molar-refractivity contribution in [3.8, 4) is 11.4 Å². The van der Waals surface area contributed by atoms with Gasteiger partial charge in [0, 0.05) is 25.1 Å². The van der Waals surface area contributed by atoms with Crippen molar-refractivity contribution in [1.29, 1.82) is 0 Å². The summed E-state index contributed by atoms with van der Waals surface area (Å²) in [6.07, 6.45) is 3.60. The Morgan fingerprint density at radius 2 is 2.10 bits per heavy atom. The third kappa shape index (κ3) is 3.14. The topological polar surface area (TPSA) is 56.2 Å². The van der Waals surface area contributed by atoms with Crippen LogP contribution in [-0.2, 0) is 4.79 Å². The van der Waals surface area contributed by atoms with Crippen LogP contribution in [0.3, 0.4) is 0 Å². The average molecular weight is 291 g/mol. The van der Waals surface area contributed by atoms with Gasteiger partial charge in [-0.05, 0) is 31.2 Å². The van der Waals surface area contributed by atoms with E-state index in [9.17, 15) is 4.79 Å². The summed E-state index contributed by atoms with van der Waals surface area (Å²) in [7, 11) is 3.27. The molecule has 0 unspecified atom stereocenters. The summed E-state index contributed by atoms with van der Waals surface area (Å²) in [4.78, 5) is 15.9. The molecule has 2 rings (SSSR count).